The van der Waals surface area contributed by atoms with Crippen molar-refractivity contribution in [3.8, 4) is 28.3 Å². The van der Waals surface area contributed by atoms with Gasteiger partial charge in [0.2, 0.25) is 16.9 Å². The topological polar surface area (TPSA) is 13.3 Å². The van der Waals surface area contributed by atoms with Gasteiger partial charge in [0.1, 0.15) is 5.75 Å². The summed E-state index contributed by atoms with van der Waals surface area (Å²) < 4.78 is 7.78. The van der Waals surface area contributed by atoms with Crippen molar-refractivity contribution in [1.82, 2.24) is 0 Å². The van der Waals surface area contributed by atoms with Crippen molar-refractivity contribution >= 4 is 16.3 Å². The Kier molecular flexibility index (Phi) is 4.94. The van der Waals surface area contributed by atoms with Crippen molar-refractivity contribution in [3.05, 3.63) is 103 Å². The second-order valence-electron chi connectivity index (χ2n) is 9.31. The van der Waals surface area contributed by atoms with Gasteiger partial charge >= 0.3 is 0 Å². The Morgan fingerprint density at radius 2 is 1.38 bits per heavy atom. The highest BCUT2D eigenvalue weighted by molar-refractivity contribution is 5.96. The summed E-state index contributed by atoms with van der Waals surface area (Å²) in [6.45, 7) is 6.81. The van der Waals surface area contributed by atoms with E-state index >= 15 is 0 Å². The van der Waals surface area contributed by atoms with Gasteiger partial charge in [0, 0.05) is 29.3 Å². The van der Waals surface area contributed by atoms with Crippen LogP contribution >= 0.6 is 0 Å². The van der Waals surface area contributed by atoms with Crippen molar-refractivity contribution in [3.63, 3.8) is 0 Å². The van der Waals surface area contributed by atoms with E-state index in [2.05, 4.69) is 110 Å². The van der Waals surface area contributed by atoms with Crippen LogP contribution in [0.1, 0.15) is 26.3 Å². The van der Waals surface area contributed by atoms with Crippen molar-refractivity contribution in [2.75, 3.05) is 7.11 Å². The summed E-state index contributed by atoms with van der Waals surface area (Å²) in [5.41, 5.74) is 7.34. The fourth-order valence-electron chi connectivity index (χ4n) is 4.37. The van der Waals surface area contributed by atoms with E-state index < -0.39 is 0 Å². The molecule has 32 heavy (non-hydrogen) atoms. The lowest BCUT2D eigenvalue weighted by molar-refractivity contribution is -0.485. The molecule has 2 heterocycles. The Morgan fingerprint density at radius 3 is 2.06 bits per heavy atom. The number of ether oxygens (including phenoxy) is 1. The molecule has 2 aromatic heterocycles. The van der Waals surface area contributed by atoms with Gasteiger partial charge < -0.3 is 4.74 Å². The molecule has 2 nitrogen and oxygen atoms in total. The highest BCUT2D eigenvalue weighted by atomic mass is 16.5. The molecule has 0 spiro atoms. The molecule has 0 saturated heterocycles. The third-order valence-corrected chi connectivity index (χ3v) is 6.17. The first-order chi connectivity index (χ1) is 15.5. The fraction of sp³-hybridized carbons (Fsp3) is 0.167. The van der Waals surface area contributed by atoms with Crippen LogP contribution in [0.25, 0.3) is 38.8 Å². The molecule has 0 radical (unpaired) electrons. The van der Waals surface area contributed by atoms with E-state index in [1.165, 1.54) is 33.1 Å². The number of benzene rings is 3. The van der Waals surface area contributed by atoms with Crippen molar-refractivity contribution in [2.24, 2.45) is 0 Å². The summed E-state index contributed by atoms with van der Waals surface area (Å²) in [5, 5.41) is 2.52. The molecule has 5 aromatic rings. The average Bonchev–Trinajstić information content (AvgIpc) is 2.83. The lowest BCUT2D eigenvalue weighted by Gasteiger charge is -2.19. The zero-order chi connectivity index (χ0) is 22.3. The van der Waals surface area contributed by atoms with Gasteiger partial charge in [0.05, 0.1) is 12.5 Å². The van der Waals surface area contributed by atoms with Crippen LogP contribution in [0.15, 0.2) is 97.1 Å². The third kappa shape index (κ3) is 3.52. The van der Waals surface area contributed by atoms with E-state index in [1.54, 1.807) is 7.11 Å². The summed E-state index contributed by atoms with van der Waals surface area (Å²) >= 11 is 0. The maximum atomic E-state index is 5.38. The lowest BCUT2D eigenvalue weighted by atomic mass is 9.85. The molecule has 0 unspecified atom stereocenters. The fourth-order valence-corrected chi connectivity index (χ4v) is 4.37. The zero-order valence-corrected chi connectivity index (χ0v) is 19.1. The minimum absolute atomic E-state index is 0.0941. The molecule has 0 N–H and O–H groups in total. The molecule has 0 atom stereocenters. The number of methoxy groups -OCH3 is 1. The van der Waals surface area contributed by atoms with Gasteiger partial charge in [-0.25, -0.2) is 0 Å². The van der Waals surface area contributed by atoms with E-state index in [-0.39, 0.29) is 5.41 Å². The summed E-state index contributed by atoms with van der Waals surface area (Å²) in [6, 6.07) is 34.7. The van der Waals surface area contributed by atoms with Crippen LogP contribution in [0.5, 0.6) is 5.75 Å². The first-order valence-electron chi connectivity index (χ1n) is 11.1. The molecule has 0 amide bonds. The highest BCUT2D eigenvalue weighted by Gasteiger charge is 2.23. The third-order valence-electron chi connectivity index (χ3n) is 6.17. The average molecular weight is 419 g/mol. The molecule has 158 valence electrons. The summed E-state index contributed by atoms with van der Waals surface area (Å²) in [4.78, 5) is 0. The van der Waals surface area contributed by atoms with Gasteiger partial charge in [-0.3, -0.25) is 0 Å². The number of aromatic nitrogens is 1. The Hall–Kier alpha value is -3.65. The molecule has 0 aliphatic rings. The van der Waals surface area contributed by atoms with Crippen LogP contribution in [0.3, 0.4) is 0 Å². The molecular formula is C30H28NO+. The monoisotopic (exact) mass is 418 g/mol. The van der Waals surface area contributed by atoms with E-state index in [0.717, 1.165) is 17.0 Å². The summed E-state index contributed by atoms with van der Waals surface area (Å²) in [6.07, 6.45) is 0. The predicted octanol–water partition coefficient (Wildman–Crippen LogP) is 7.22. The van der Waals surface area contributed by atoms with Crippen LogP contribution in [-0.2, 0) is 5.41 Å². The van der Waals surface area contributed by atoms with Crippen LogP contribution < -0.4 is 9.14 Å². The van der Waals surface area contributed by atoms with Crippen molar-refractivity contribution in [2.45, 2.75) is 26.2 Å². The molecule has 0 saturated carbocycles. The molecule has 0 bridgehead atoms. The minimum Gasteiger partial charge on any atom is -0.497 e. The first kappa shape index (κ1) is 20.3. The lowest BCUT2D eigenvalue weighted by Crippen LogP contribution is -2.28. The molecular weight excluding hydrogens is 390 g/mol. The predicted molar refractivity (Wildman–Crippen MR) is 133 cm³/mol. The van der Waals surface area contributed by atoms with E-state index in [4.69, 9.17) is 4.74 Å². The molecule has 2 heteroatoms. The smallest absolute Gasteiger partial charge is 0.219 e. The standard InChI is InChI=1S/C30H28NO/c1-30(2,3)24-16-13-23-19-29(21-9-6-5-7-10-21)31-27(11-8-12-28(31)26(23)20-24)22-14-17-25(32-4)18-15-22/h5-20H,1-4H3/q+1. The second kappa shape index (κ2) is 7.80. The summed E-state index contributed by atoms with van der Waals surface area (Å²) in [5.74, 6) is 0.863. The number of hydrogen-bond acceptors (Lipinski definition) is 1. The Bertz CT molecular complexity index is 1410. The van der Waals surface area contributed by atoms with E-state index in [9.17, 15) is 0 Å². The Balaban J connectivity index is 1.89. The van der Waals surface area contributed by atoms with Gasteiger partial charge in [-0.05, 0) is 64.9 Å². The number of rotatable bonds is 3. The number of pyridine rings is 2. The quantitative estimate of drug-likeness (QED) is 0.223. The van der Waals surface area contributed by atoms with Crippen LogP contribution in [0.2, 0.25) is 0 Å². The van der Waals surface area contributed by atoms with Gasteiger partial charge in [0.15, 0.2) is 0 Å². The maximum Gasteiger partial charge on any atom is 0.219 e. The normalized spacial score (nSPS) is 11.8. The van der Waals surface area contributed by atoms with Crippen LogP contribution in [-0.4, -0.2) is 7.11 Å². The first-order valence-corrected chi connectivity index (χ1v) is 11.1. The largest absolute Gasteiger partial charge is 0.497 e. The van der Waals surface area contributed by atoms with Crippen molar-refractivity contribution < 1.29 is 9.14 Å². The van der Waals surface area contributed by atoms with Crippen LogP contribution in [0, 0.1) is 0 Å². The number of hydrogen-bond donors (Lipinski definition) is 0. The number of fused-ring (bicyclic) bond motifs is 3. The van der Waals surface area contributed by atoms with Gasteiger partial charge in [-0.1, -0.05) is 51.1 Å². The van der Waals surface area contributed by atoms with Crippen molar-refractivity contribution in [1.29, 1.82) is 0 Å². The SMILES string of the molecule is COc1ccc(-c2cccc3c4cc(C(C)(C)C)ccc4cc(-c4ccccc4)[n+]23)cc1. The second-order valence-corrected chi connectivity index (χ2v) is 9.31. The number of nitrogens with zero attached hydrogens (tertiary/aromatic N) is 1. The molecule has 0 aliphatic carbocycles. The summed E-state index contributed by atoms with van der Waals surface area (Å²) in [7, 11) is 1.70. The van der Waals surface area contributed by atoms with E-state index in [1.807, 2.05) is 12.1 Å². The minimum atomic E-state index is 0.0941. The zero-order valence-electron chi connectivity index (χ0n) is 19.1. The van der Waals surface area contributed by atoms with Gasteiger partial charge in [-0.15, -0.1) is 0 Å². The molecule has 5 rings (SSSR count). The maximum absolute atomic E-state index is 5.38. The van der Waals surface area contributed by atoms with Gasteiger partial charge in [-0.2, -0.15) is 4.40 Å². The Morgan fingerprint density at radius 1 is 0.656 bits per heavy atom. The molecule has 3 aromatic carbocycles. The van der Waals surface area contributed by atoms with E-state index in [0.29, 0.717) is 0 Å². The highest BCUT2D eigenvalue weighted by Crippen LogP contribution is 2.31. The Labute approximate surface area is 189 Å². The van der Waals surface area contributed by atoms with Gasteiger partial charge in [0.25, 0.3) is 0 Å². The van der Waals surface area contributed by atoms with Crippen LogP contribution in [0.4, 0.5) is 0 Å². The molecule has 0 aliphatic heterocycles. The molecule has 0 fully saturated rings.